The molecule has 0 bridgehead atoms. The van der Waals surface area contributed by atoms with Crippen LogP contribution < -0.4 is 5.32 Å². The fourth-order valence-electron chi connectivity index (χ4n) is 2.66. The molecule has 2 amide bonds. The standard InChI is InChI=1S/C17H17ClN2O3/c18-15-6-2-1-4-12(15)9-19-17(22)13-8-16(21)20(10-13)11-14-5-3-7-23-14/h1-7,13H,8-11H2,(H,19,22). The molecule has 5 nitrogen and oxygen atoms in total. The molecule has 1 fully saturated rings. The highest BCUT2D eigenvalue weighted by Gasteiger charge is 2.34. The Morgan fingerprint density at radius 2 is 2.13 bits per heavy atom. The summed E-state index contributed by atoms with van der Waals surface area (Å²) in [6, 6.07) is 11.0. The first-order chi connectivity index (χ1) is 11.1. The Hall–Kier alpha value is -2.27. The van der Waals surface area contributed by atoms with Gasteiger partial charge in [-0.3, -0.25) is 9.59 Å². The lowest BCUT2D eigenvalue weighted by Crippen LogP contribution is -2.32. The van der Waals surface area contributed by atoms with Gasteiger partial charge in [0, 0.05) is 24.5 Å². The van der Waals surface area contributed by atoms with Gasteiger partial charge in [0.15, 0.2) is 0 Å². The number of hydrogen-bond acceptors (Lipinski definition) is 3. The average molecular weight is 333 g/mol. The summed E-state index contributed by atoms with van der Waals surface area (Å²) in [5.41, 5.74) is 0.860. The minimum absolute atomic E-state index is 0.0284. The zero-order valence-electron chi connectivity index (χ0n) is 12.5. The Labute approximate surface area is 139 Å². The van der Waals surface area contributed by atoms with Crippen LogP contribution in [0.1, 0.15) is 17.7 Å². The summed E-state index contributed by atoms with van der Waals surface area (Å²) in [5, 5.41) is 3.48. The highest BCUT2D eigenvalue weighted by molar-refractivity contribution is 6.31. The second kappa shape index (κ2) is 6.87. The van der Waals surface area contributed by atoms with Crippen molar-refractivity contribution in [3.8, 4) is 0 Å². The maximum atomic E-state index is 12.3. The molecule has 0 spiro atoms. The number of carbonyl (C=O) groups is 2. The molecule has 1 aromatic carbocycles. The van der Waals surface area contributed by atoms with Crippen LogP contribution in [0.4, 0.5) is 0 Å². The number of nitrogens with zero attached hydrogens (tertiary/aromatic N) is 1. The minimum Gasteiger partial charge on any atom is -0.467 e. The zero-order valence-corrected chi connectivity index (χ0v) is 13.3. The first-order valence-corrected chi connectivity index (χ1v) is 7.82. The van der Waals surface area contributed by atoms with Gasteiger partial charge in [-0.1, -0.05) is 29.8 Å². The maximum absolute atomic E-state index is 12.3. The van der Waals surface area contributed by atoms with Gasteiger partial charge in [0.1, 0.15) is 5.76 Å². The Bertz CT molecular complexity index is 700. The highest BCUT2D eigenvalue weighted by Crippen LogP contribution is 2.21. The molecule has 0 saturated carbocycles. The van der Waals surface area contributed by atoms with E-state index < -0.39 is 0 Å². The van der Waals surface area contributed by atoms with Crippen molar-refractivity contribution in [3.05, 3.63) is 59.0 Å². The van der Waals surface area contributed by atoms with E-state index in [0.29, 0.717) is 24.7 Å². The van der Waals surface area contributed by atoms with Crippen molar-refractivity contribution in [3.63, 3.8) is 0 Å². The number of benzene rings is 1. The Morgan fingerprint density at radius 1 is 1.30 bits per heavy atom. The number of halogens is 1. The lowest BCUT2D eigenvalue weighted by molar-refractivity contribution is -0.129. The molecule has 1 aliphatic rings. The van der Waals surface area contributed by atoms with E-state index in [0.717, 1.165) is 11.3 Å². The van der Waals surface area contributed by atoms with Crippen LogP contribution in [-0.2, 0) is 22.7 Å². The molecule has 6 heteroatoms. The molecule has 120 valence electrons. The molecular weight excluding hydrogens is 316 g/mol. The number of rotatable bonds is 5. The minimum atomic E-state index is -0.333. The number of carbonyl (C=O) groups excluding carboxylic acids is 2. The van der Waals surface area contributed by atoms with E-state index in [-0.39, 0.29) is 24.2 Å². The van der Waals surface area contributed by atoms with Crippen LogP contribution in [0.25, 0.3) is 0 Å². The topological polar surface area (TPSA) is 62.6 Å². The van der Waals surface area contributed by atoms with Crippen molar-refractivity contribution in [2.45, 2.75) is 19.5 Å². The smallest absolute Gasteiger partial charge is 0.225 e. The van der Waals surface area contributed by atoms with Gasteiger partial charge >= 0.3 is 0 Å². The summed E-state index contributed by atoms with van der Waals surface area (Å²) in [5.74, 6) is 0.231. The van der Waals surface area contributed by atoms with E-state index >= 15 is 0 Å². The Kier molecular flexibility index (Phi) is 4.67. The normalized spacial score (nSPS) is 17.5. The third kappa shape index (κ3) is 3.74. The fourth-order valence-corrected chi connectivity index (χ4v) is 2.86. The molecule has 2 aromatic rings. The van der Waals surface area contributed by atoms with Gasteiger partial charge in [0.2, 0.25) is 11.8 Å². The number of nitrogens with one attached hydrogen (secondary N) is 1. The predicted octanol–water partition coefficient (Wildman–Crippen LogP) is 2.60. The third-order valence-corrected chi connectivity index (χ3v) is 4.29. The number of likely N-dealkylation sites (tertiary alicyclic amines) is 1. The van der Waals surface area contributed by atoms with E-state index in [2.05, 4.69) is 5.32 Å². The van der Waals surface area contributed by atoms with E-state index in [1.807, 2.05) is 24.3 Å². The van der Waals surface area contributed by atoms with Crippen LogP contribution in [0.2, 0.25) is 5.02 Å². The summed E-state index contributed by atoms with van der Waals surface area (Å²) in [6.45, 7) is 1.18. The van der Waals surface area contributed by atoms with Crippen LogP contribution >= 0.6 is 11.6 Å². The average Bonchev–Trinajstić information content (AvgIpc) is 3.17. The summed E-state index contributed by atoms with van der Waals surface area (Å²) in [4.78, 5) is 25.9. The first-order valence-electron chi connectivity index (χ1n) is 7.45. The molecule has 0 radical (unpaired) electrons. The molecule has 3 rings (SSSR count). The van der Waals surface area contributed by atoms with Gasteiger partial charge in [-0.25, -0.2) is 0 Å². The number of hydrogen-bond donors (Lipinski definition) is 1. The molecule has 1 unspecified atom stereocenters. The van der Waals surface area contributed by atoms with Gasteiger partial charge in [0.25, 0.3) is 0 Å². The van der Waals surface area contributed by atoms with Crippen LogP contribution in [-0.4, -0.2) is 23.3 Å². The van der Waals surface area contributed by atoms with Crippen LogP contribution in [0, 0.1) is 5.92 Å². The zero-order chi connectivity index (χ0) is 16.2. The fraction of sp³-hybridized carbons (Fsp3) is 0.294. The molecule has 2 heterocycles. The summed E-state index contributed by atoms with van der Waals surface area (Å²) < 4.78 is 5.25. The van der Waals surface area contributed by atoms with Gasteiger partial charge in [0.05, 0.1) is 18.7 Å². The molecule has 1 saturated heterocycles. The Balaban J connectivity index is 1.54. The molecule has 1 atom stereocenters. The van der Waals surface area contributed by atoms with Crippen molar-refractivity contribution >= 4 is 23.4 Å². The summed E-state index contributed by atoms with van der Waals surface area (Å²) >= 11 is 6.07. The van der Waals surface area contributed by atoms with Crippen molar-refractivity contribution in [1.29, 1.82) is 0 Å². The van der Waals surface area contributed by atoms with E-state index in [1.165, 1.54) is 0 Å². The second-order valence-corrected chi connectivity index (χ2v) is 5.97. The maximum Gasteiger partial charge on any atom is 0.225 e. The molecule has 1 N–H and O–H groups in total. The number of amides is 2. The molecule has 0 aliphatic carbocycles. The largest absolute Gasteiger partial charge is 0.467 e. The van der Waals surface area contributed by atoms with Crippen molar-refractivity contribution < 1.29 is 14.0 Å². The third-order valence-electron chi connectivity index (χ3n) is 3.92. The Morgan fingerprint density at radius 3 is 2.87 bits per heavy atom. The molecular formula is C17H17ClN2O3. The van der Waals surface area contributed by atoms with Crippen LogP contribution in [0.5, 0.6) is 0 Å². The van der Waals surface area contributed by atoms with Gasteiger partial charge in [-0.05, 0) is 23.8 Å². The SMILES string of the molecule is O=C(NCc1ccccc1Cl)C1CC(=O)N(Cc2ccco2)C1. The summed E-state index contributed by atoms with van der Waals surface area (Å²) in [7, 11) is 0. The van der Waals surface area contributed by atoms with Crippen molar-refractivity contribution in [1.82, 2.24) is 10.2 Å². The van der Waals surface area contributed by atoms with Gasteiger partial charge in [-0.2, -0.15) is 0 Å². The lowest BCUT2D eigenvalue weighted by atomic mass is 10.1. The quantitative estimate of drug-likeness (QED) is 0.915. The van der Waals surface area contributed by atoms with Gasteiger partial charge < -0.3 is 14.6 Å². The van der Waals surface area contributed by atoms with Crippen molar-refractivity contribution in [2.24, 2.45) is 5.92 Å². The van der Waals surface area contributed by atoms with E-state index in [9.17, 15) is 9.59 Å². The number of furan rings is 1. The van der Waals surface area contributed by atoms with Crippen LogP contribution in [0.3, 0.4) is 0 Å². The van der Waals surface area contributed by atoms with Crippen LogP contribution in [0.15, 0.2) is 47.1 Å². The van der Waals surface area contributed by atoms with Crippen molar-refractivity contribution in [2.75, 3.05) is 6.54 Å². The first kappa shape index (κ1) is 15.6. The lowest BCUT2D eigenvalue weighted by Gasteiger charge is -2.15. The highest BCUT2D eigenvalue weighted by atomic mass is 35.5. The van der Waals surface area contributed by atoms with Gasteiger partial charge in [-0.15, -0.1) is 0 Å². The predicted molar refractivity (Wildman–Crippen MR) is 85.5 cm³/mol. The van der Waals surface area contributed by atoms with E-state index in [4.69, 9.17) is 16.0 Å². The molecule has 1 aromatic heterocycles. The monoisotopic (exact) mass is 332 g/mol. The van der Waals surface area contributed by atoms with E-state index in [1.54, 1.807) is 23.3 Å². The summed E-state index contributed by atoms with van der Waals surface area (Å²) in [6.07, 6.45) is 1.80. The molecule has 1 aliphatic heterocycles. The second-order valence-electron chi connectivity index (χ2n) is 5.56. The molecule has 23 heavy (non-hydrogen) atoms.